The van der Waals surface area contributed by atoms with Crippen molar-refractivity contribution in [1.29, 1.82) is 0 Å². The third-order valence-electron chi connectivity index (χ3n) is 2.86. The molecule has 7 heteroatoms. The molecule has 0 saturated carbocycles. The summed E-state index contributed by atoms with van der Waals surface area (Å²) < 4.78 is 15.4. The molecule has 0 heterocycles. The summed E-state index contributed by atoms with van der Waals surface area (Å²) in [6.45, 7) is 12.1. The molecule has 108 valence electrons. The van der Waals surface area contributed by atoms with Gasteiger partial charge >= 0.3 is 37.7 Å². The fraction of sp³-hybridized carbons (Fsp3) is 0.571. The number of phosphoric acid groups is 1. The second kappa shape index (κ2) is 7.76. The second-order valence-corrected chi connectivity index (χ2v) is 7.83. The summed E-state index contributed by atoms with van der Waals surface area (Å²) >= 11 is 0. The van der Waals surface area contributed by atoms with Gasteiger partial charge in [-0.2, -0.15) is 0 Å². The van der Waals surface area contributed by atoms with E-state index in [1.165, 1.54) is 0 Å². The topological polar surface area (TPSA) is 72.4 Å². The Bertz CT molecular complexity index is 513. The van der Waals surface area contributed by atoms with Crippen molar-refractivity contribution in [2.45, 2.75) is 52.4 Å². The third-order valence-corrected chi connectivity index (χ3v) is 3.28. The van der Waals surface area contributed by atoms with Crippen molar-refractivity contribution in [3.05, 3.63) is 29.3 Å². The SMILES string of the molecule is CC(C)(C)c1ccc(OP(=O)([O-])[O-])c(C(C)(C)C)c1.[Li+].[Li+]. The first-order valence-corrected chi connectivity index (χ1v) is 7.63. The first-order valence-electron chi connectivity index (χ1n) is 6.17. The van der Waals surface area contributed by atoms with E-state index in [9.17, 15) is 14.4 Å². The summed E-state index contributed by atoms with van der Waals surface area (Å²) in [7, 11) is -5.04. The van der Waals surface area contributed by atoms with Gasteiger partial charge in [-0.15, -0.1) is 0 Å². The standard InChI is InChI=1S/C14H23O4P.2Li/c1-13(2,3)10-7-8-12(18-19(15,16)17)11(9-10)14(4,5)6;;/h7-9H,1-6H3,(H2,15,16,17);;/q;2*+1/p-2. The third kappa shape index (κ3) is 7.45. The molecule has 0 saturated heterocycles. The predicted octanol–water partition coefficient (Wildman–Crippen LogP) is -3.50. The fourth-order valence-corrected chi connectivity index (χ4v) is 2.18. The predicted molar refractivity (Wildman–Crippen MR) is 72.1 cm³/mol. The number of hydrogen-bond donors (Lipinski definition) is 0. The van der Waals surface area contributed by atoms with Gasteiger partial charge in [0.05, 0.1) is 0 Å². The van der Waals surface area contributed by atoms with Gasteiger partial charge in [-0.05, 0) is 22.5 Å². The summed E-state index contributed by atoms with van der Waals surface area (Å²) in [5.41, 5.74) is 1.41. The molecule has 0 bridgehead atoms. The van der Waals surface area contributed by atoms with E-state index in [-0.39, 0.29) is 54.3 Å². The van der Waals surface area contributed by atoms with Crippen molar-refractivity contribution in [1.82, 2.24) is 0 Å². The van der Waals surface area contributed by atoms with Crippen LogP contribution in [0.15, 0.2) is 18.2 Å². The Kier molecular flexibility index (Phi) is 8.73. The average Bonchev–Trinajstić information content (AvgIpc) is 2.11. The van der Waals surface area contributed by atoms with Gasteiger partial charge < -0.3 is 18.9 Å². The number of rotatable bonds is 2. The van der Waals surface area contributed by atoms with Crippen molar-refractivity contribution >= 4 is 7.82 Å². The van der Waals surface area contributed by atoms with Crippen LogP contribution in [0.4, 0.5) is 0 Å². The monoisotopic (exact) mass is 298 g/mol. The minimum Gasteiger partial charge on any atom is -0.780 e. The van der Waals surface area contributed by atoms with E-state index < -0.39 is 7.82 Å². The van der Waals surface area contributed by atoms with Crippen molar-refractivity contribution in [3.8, 4) is 5.75 Å². The fourth-order valence-electron chi connectivity index (χ4n) is 1.78. The van der Waals surface area contributed by atoms with Crippen molar-refractivity contribution in [3.63, 3.8) is 0 Å². The Morgan fingerprint density at radius 1 is 0.952 bits per heavy atom. The van der Waals surface area contributed by atoms with E-state index in [2.05, 4.69) is 25.3 Å². The van der Waals surface area contributed by atoms with Crippen LogP contribution in [-0.2, 0) is 15.4 Å². The summed E-state index contributed by atoms with van der Waals surface area (Å²) in [6.07, 6.45) is 0. The molecule has 21 heavy (non-hydrogen) atoms. The van der Waals surface area contributed by atoms with Gasteiger partial charge in [-0.25, -0.2) is 0 Å². The van der Waals surface area contributed by atoms with Crippen LogP contribution >= 0.6 is 7.82 Å². The van der Waals surface area contributed by atoms with Gasteiger partial charge in [-0.3, -0.25) is 0 Å². The largest absolute Gasteiger partial charge is 1.00 e. The molecule has 4 nitrogen and oxygen atoms in total. The van der Waals surface area contributed by atoms with E-state index in [0.29, 0.717) is 5.56 Å². The van der Waals surface area contributed by atoms with Gasteiger partial charge in [0.1, 0.15) is 13.6 Å². The Morgan fingerprint density at radius 3 is 1.76 bits per heavy atom. The first-order chi connectivity index (χ1) is 8.31. The van der Waals surface area contributed by atoms with Crippen LogP contribution < -0.4 is 52.0 Å². The Morgan fingerprint density at radius 2 is 1.43 bits per heavy atom. The molecule has 0 radical (unpaired) electrons. The normalized spacial score (nSPS) is 12.2. The number of benzene rings is 1. The first kappa shape index (κ1) is 23.6. The van der Waals surface area contributed by atoms with Crippen LogP contribution in [0.25, 0.3) is 0 Å². The van der Waals surface area contributed by atoms with E-state index in [4.69, 9.17) is 0 Å². The zero-order valence-corrected chi connectivity index (χ0v) is 15.2. The molecule has 0 spiro atoms. The van der Waals surface area contributed by atoms with Crippen LogP contribution in [0.3, 0.4) is 0 Å². The van der Waals surface area contributed by atoms with Crippen molar-refractivity contribution in [2.24, 2.45) is 0 Å². The van der Waals surface area contributed by atoms with E-state index in [1.807, 2.05) is 26.8 Å². The molecule has 1 aromatic carbocycles. The molecule has 0 aliphatic heterocycles. The quantitative estimate of drug-likeness (QED) is 0.419. The molecule has 0 aliphatic rings. The Balaban J connectivity index is 0. The van der Waals surface area contributed by atoms with Crippen LogP contribution in [0.5, 0.6) is 5.75 Å². The summed E-state index contributed by atoms with van der Waals surface area (Å²) in [5, 5.41) is 0. The van der Waals surface area contributed by atoms with E-state index in [1.54, 1.807) is 12.1 Å². The molecule has 0 fully saturated rings. The molecule has 1 aromatic rings. The number of phosphoric ester groups is 1. The minimum absolute atomic E-state index is 0. The van der Waals surface area contributed by atoms with Gasteiger partial charge in [-0.1, -0.05) is 53.7 Å². The molecular weight excluding hydrogens is 277 g/mol. The van der Waals surface area contributed by atoms with Crippen LogP contribution in [-0.4, -0.2) is 0 Å². The van der Waals surface area contributed by atoms with Gasteiger partial charge in [0, 0.05) is 5.56 Å². The molecule has 1 rings (SSSR count). The van der Waals surface area contributed by atoms with Crippen LogP contribution in [0.1, 0.15) is 52.7 Å². The molecule has 0 aliphatic carbocycles. The second-order valence-electron chi connectivity index (χ2n) is 6.75. The van der Waals surface area contributed by atoms with Crippen molar-refractivity contribution < 1.29 is 56.6 Å². The molecule has 0 atom stereocenters. The van der Waals surface area contributed by atoms with Crippen molar-refractivity contribution in [2.75, 3.05) is 0 Å². The Hall–Kier alpha value is 0.365. The zero-order valence-electron chi connectivity index (χ0n) is 14.3. The molecular formula is C14H21Li2O4P. The van der Waals surface area contributed by atoms with E-state index >= 15 is 0 Å². The van der Waals surface area contributed by atoms with E-state index in [0.717, 1.165) is 5.56 Å². The molecule has 0 amide bonds. The maximum absolute atomic E-state index is 10.8. The zero-order chi connectivity index (χ0) is 15.1. The molecule has 0 aromatic heterocycles. The molecule has 0 unspecified atom stereocenters. The summed E-state index contributed by atoms with van der Waals surface area (Å²) in [5.74, 6) is 0.119. The molecule has 0 N–H and O–H groups in total. The van der Waals surface area contributed by atoms with Crippen LogP contribution in [0, 0.1) is 0 Å². The van der Waals surface area contributed by atoms with Crippen LogP contribution in [0.2, 0.25) is 0 Å². The average molecular weight is 298 g/mol. The van der Waals surface area contributed by atoms with Gasteiger partial charge in [0.25, 0.3) is 0 Å². The summed E-state index contributed by atoms with van der Waals surface area (Å²) in [6, 6.07) is 5.26. The minimum atomic E-state index is -5.04. The maximum Gasteiger partial charge on any atom is 1.00 e. The maximum atomic E-state index is 10.8. The van der Waals surface area contributed by atoms with Gasteiger partial charge in [0.2, 0.25) is 0 Å². The smallest absolute Gasteiger partial charge is 0.780 e. The number of hydrogen-bond acceptors (Lipinski definition) is 4. The Labute approximate surface area is 151 Å². The van der Waals surface area contributed by atoms with Gasteiger partial charge in [0.15, 0.2) is 0 Å². The summed E-state index contributed by atoms with van der Waals surface area (Å²) in [4.78, 5) is 21.6.